The molecule has 0 fully saturated rings. The zero-order chi connectivity index (χ0) is 10.6. The zero-order valence-corrected chi connectivity index (χ0v) is 9.10. The van der Waals surface area contributed by atoms with E-state index in [-0.39, 0.29) is 5.82 Å². The minimum Gasteiger partial charge on any atom is -0.382 e. The van der Waals surface area contributed by atoms with Crippen LogP contribution in [-0.2, 0) is 0 Å². The Kier molecular flexibility index (Phi) is 3.93. The fourth-order valence-electron chi connectivity index (χ4n) is 1.52. The first-order chi connectivity index (χ1) is 6.63. The molecule has 0 heterocycles. The number of anilines is 1. The second kappa shape index (κ2) is 4.99. The molecule has 0 saturated heterocycles. The minimum absolute atomic E-state index is 0.179. The third kappa shape index (κ3) is 3.02. The monoisotopic (exact) mass is 195 g/mol. The Balaban J connectivity index is 2.70. The SMILES string of the molecule is CCCC(C)Nc1cc(F)ccc1C. The van der Waals surface area contributed by atoms with Crippen LogP contribution in [0.5, 0.6) is 0 Å². The number of nitrogens with one attached hydrogen (secondary N) is 1. The molecular formula is C12H18FN. The van der Waals surface area contributed by atoms with Crippen LogP contribution >= 0.6 is 0 Å². The molecule has 0 radical (unpaired) electrons. The lowest BCUT2D eigenvalue weighted by Crippen LogP contribution is -2.15. The van der Waals surface area contributed by atoms with Gasteiger partial charge in [-0.2, -0.15) is 0 Å². The van der Waals surface area contributed by atoms with Crippen molar-refractivity contribution in [2.75, 3.05) is 5.32 Å². The van der Waals surface area contributed by atoms with Gasteiger partial charge >= 0.3 is 0 Å². The summed E-state index contributed by atoms with van der Waals surface area (Å²) >= 11 is 0. The number of aryl methyl sites for hydroxylation is 1. The van der Waals surface area contributed by atoms with Crippen LogP contribution in [0.25, 0.3) is 0 Å². The van der Waals surface area contributed by atoms with E-state index in [4.69, 9.17) is 0 Å². The Morgan fingerprint density at radius 2 is 2.14 bits per heavy atom. The van der Waals surface area contributed by atoms with Crippen LogP contribution in [0, 0.1) is 12.7 Å². The maximum Gasteiger partial charge on any atom is 0.125 e. The summed E-state index contributed by atoms with van der Waals surface area (Å²) in [5.41, 5.74) is 2.00. The molecule has 2 heteroatoms. The van der Waals surface area contributed by atoms with Gasteiger partial charge < -0.3 is 5.32 Å². The molecular weight excluding hydrogens is 177 g/mol. The molecule has 1 aromatic carbocycles. The van der Waals surface area contributed by atoms with Crippen molar-refractivity contribution in [3.63, 3.8) is 0 Å². The lowest BCUT2D eigenvalue weighted by molar-refractivity contribution is 0.626. The summed E-state index contributed by atoms with van der Waals surface area (Å²) in [5.74, 6) is -0.179. The molecule has 78 valence electrons. The van der Waals surface area contributed by atoms with E-state index in [1.807, 2.05) is 6.92 Å². The number of benzene rings is 1. The summed E-state index contributed by atoms with van der Waals surface area (Å²) in [5, 5.41) is 3.31. The lowest BCUT2D eigenvalue weighted by Gasteiger charge is -2.16. The van der Waals surface area contributed by atoms with Gasteiger partial charge in [-0.3, -0.25) is 0 Å². The van der Waals surface area contributed by atoms with Gasteiger partial charge in [-0.05, 0) is 38.0 Å². The van der Waals surface area contributed by atoms with E-state index >= 15 is 0 Å². The van der Waals surface area contributed by atoms with Crippen molar-refractivity contribution in [3.05, 3.63) is 29.6 Å². The van der Waals surface area contributed by atoms with E-state index in [9.17, 15) is 4.39 Å². The predicted molar refractivity (Wildman–Crippen MR) is 59.1 cm³/mol. The fraction of sp³-hybridized carbons (Fsp3) is 0.500. The Bertz CT molecular complexity index is 296. The summed E-state index contributed by atoms with van der Waals surface area (Å²) in [6.45, 7) is 6.25. The maximum absolute atomic E-state index is 12.9. The number of halogens is 1. The molecule has 0 bridgehead atoms. The van der Waals surface area contributed by atoms with E-state index < -0.39 is 0 Å². The van der Waals surface area contributed by atoms with Gasteiger partial charge in [0.25, 0.3) is 0 Å². The third-order valence-corrected chi connectivity index (χ3v) is 2.32. The predicted octanol–water partition coefficient (Wildman–Crippen LogP) is 3.73. The van der Waals surface area contributed by atoms with Crippen molar-refractivity contribution in [3.8, 4) is 0 Å². The molecule has 1 atom stereocenters. The molecule has 0 aliphatic heterocycles. The van der Waals surface area contributed by atoms with E-state index in [0.29, 0.717) is 6.04 Å². The maximum atomic E-state index is 12.9. The van der Waals surface area contributed by atoms with Gasteiger partial charge in [-0.1, -0.05) is 19.4 Å². The normalized spacial score (nSPS) is 12.6. The summed E-state index contributed by atoms with van der Waals surface area (Å²) < 4.78 is 12.9. The fourth-order valence-corrected chi connectivity index (χ4v) is 1.52. The Hall–Kier alpha value is -1.05. The molecule has 1 N–H and O–H groups in total. The van der Waals surface area contributed by atoms with Gasteiger partial charge in [0.1, 0.15) is 5.82 Å². The standard InChI is InChI=1S/C12H18FN/c1-4-5-10(3)14-12-8-11(13)7-6-9(12)2/h6-8,10,14H,4-5H2,1-3H3. The molecule has 1 aromatic rings. The van der Waals surface area contributed by atoms with Crippen molar-refractivity contribution >= 4 is 5.69 Å². The average Bonchev–Trinajstić information content (AvgIpc) is 2.12. The highest BCUT2D eigenvalue weighted by molar-refractivity contribution is 5.51. The molecule has 14 heavy (non-hydrogen) atoms. The van der Waals surface area contributed by atoms with E-state index in [1.165, 1.54) is 6.07 Å². The van der Waals surface area contributed by atoms with Gasteiger partial charge in [0.05, 0.1) is 0 Å². The van der Waals surface area contributed by atoms with Crippen molar-refractivity contribution in [1.29, 1.82) is 0 Å². The summed E-state index contributed by atoms with van der Waals surface area (Å²) in [7, 11) is 0. The summed E-state index contributed by atoms with van der Waals surface area (Å²) in [4.78, 5) is 0. The van der Waals surface area contributed by atoms with Crippen molar-refractivity contribution < 1.29 is 4.39 Å². The molecule has 1 nitrogen and oxygen atoms in total. The Labute approximate surface area is 85.3 Å². The first kappa shape index (κ1) is 11.0. The quantitative estimate of drug-likeness (QED) is 0.771. The van der Waals surface area contributed by atoms with Crippen molar-refractivity contribution in [1.82, 2.24) is 0 Å². The highest BCUT2D eigenvalue weighted by Gasteiger charge is 2.03. The van der Waals surface area contributed by atoms with Gasteiger partial charge in [0.15, 0.2) is 0 Å². The smallest absolute Gasteiger partial charge is 0.125 e. The van der Waals surface area contributed by atoms with E-state index in [1.54, 1.807) is 12.1 Å². The van der Waals surface area contributed by atoms with Crippen molar-refractivity contribution in [2.24, 2.45) is 0 Å². The molecule has 0 aliphatic rings. The van der Waals surface area contributed by atoms with Crippen LogP contribution in [0.4, 0.5) is 10.1 Å². The second-order valence-corrected chi connectivity index (χ2v) is 3.79. The average molecular weight is 195 g/mol. The molecule has 1 rings (SSSR count). The van der Waals surface area contributed by atoms with Crippen LogP contribution in [0.3, 0.4) is 0 Å². The third-order valence-electron chi connectivity index (χ3n) is 2.32. The molecule has 0 amide bonds. The van der Waals surface area contributed by atoms with Crippen molar-refractivity contribution in [2.45, 2.75) is 39.7 Å². The minimum atomic E-state index is -0.179. The van der Waals surface area contributed by atoms with E-state index in [0.717, 1.165) is 24.1 Å². The largest absolute Gasteiger partial charge is 0.382 e. The van der Waals surface area contributed by atoms with E-state index in [2.05, 4.69) is 19.2 Å². The van der Waals surface area contributed by atoms with Crippen LogP contribution in [-0.4, -0.2) is 6.04 Å². The molecule has 0 spiro atoms. The summed E-state index contributed by atoms with van der Waals surface area (Å²) in [6.07, 6.45) is 2.25. The molecule has 0 saturated carbocycles. The highest BCUT2D eigenvalue weighted by Crippen LogP contribution is 2.17. The number of hydrogen-bond donors (Lipinski definition) is 1. The topological polar surface area (TPSA) is 12.0 Å². The van der Waals surface area contributed by atoms with Crippen LogP contribution in [0.2, 0.25) is 0 Å². The molecule has 0 aliphatic carbocycles. The highest BCUT2D eigenvalue weighted by atomic mass is 19.1. The summed E-state index contributed by atoms with van der Waals surface area (Å²) in [6, 6.07) is 5.25. The Morgan fingerprint density at radius 3 is 2.79 bits per heavy atom. The van der Waals surface area contributed by atoms with Crippen LogP contribution in [0.1, 0.15) is 32.3 Å². The van der Waals surface area contributed by atoms with Crippen LogP contribution < -0.4 is 5.32 Å². The van der Waals surface area contributed by atoms with Gasteiger partial charge in [-0.15, -0.1) is 0 Å². The van der Waals surface area contributed by atoms with Crippen LogP contribution in [0.15, 0.2) is 18.2 Å². The number of hydrogen-bond acceptors (Lipinski definition) is 1. The Morgan fingerprint density at radius 1 is 1.43 bits per heavy atom. The second-order valence-electron chi connectivity index (χ2n) is 3.79. The number of rotatable bonds is 4. The van der Waals surface area contributed by atoms with Gasteiger partial charge in [-0.25, -0.2) is 4.39 Å². The first-order valence-corrected chi connectivity index (χ1v) is 5.16. The van der Waals surface area contributed by atoms with Gasteiger partial charge in [0.2, 0.25) is 0 Å². The lowest BCUT2D eigenvalue weighted by atomic mass is 10.1. The van der Waals surface area contributed by atoms with Gasteiger partial charge in [0, 0.05) is 11.7 Å². The first-order valence-electron chi connectivity index (χ1n) is 5.16. The molecule has 0 aromatic heterocycles. The zero-order valence-electron chi connectivity index (χ0n) is 9.10. The molecule has 1 unspecified atom stereocenters.